The molecule has 1 aromatic rings. The molecule has 0 aliphatic rings. The van der Waals surface area contributed by atoms with Crippen molar-refractivity contribution in [1.82, 2.24) is 0 Å². The van der Waals surface area contributed by atoms with E-state index in [4.69, 9.17) is 15.2 Å². The summed E-state index contributed by atoms with van der Waals surface area (Å²) in [7, 11) is 3.02. The fraction of sp³-hybridized carbons (Fsp3) is 0.500. The van der Waals surface area contributed by atoms with E-state index in [-0.39, 0.29) is 0 Å². The average Bonchev–Trinajstić information content (AvgIpc) is 2.42. The summed E-state index contributed by atoms with van der Waals surface area (Å²) in [5.41, 5.74) is 8.63. The first kappa shape index (κ1) is 15.3. The van der Waals surface area contributed by atoms with Crippen molar-refractivity contribution in [3.05, 3.63) is 23.3 Å². The van der Waals surface area contributed by atoms with E-state index in [1.807, 2.05) is 13.0 Å². The number of anilines is 2. The van der Waals surface area contributed by atoms with Crippen LogP contribution < -0.4 is 10.6 Å². The molecule has 19 heavy (non-hydrogen) atoms. The molecule has 2 N–H and O–H groups in total. The number of esters is 1. The topological polar surface area (TPSA) is 64.8 Å². The highest BCUT2D eigenvalue weighted by atomic mass is 16.5. The Balaban J connectivity index is 3.14. The van der Waals surface area contributed by atoms with Gasteiger partial charge in [0, 0.05) is 31.6 Å². The van der Waals surface area contributed by atoms with Crippen molar-refractivity contribution in [2.24, 2.45) is 0 Å². The van der Waals surface area contributed by atoms with Crippen LogP contribution in [-0.4, -0.2) is 39.9 Å². The van der Waals surface area contributed by atoms with Gasteiger partial charge in [0.2, 0.25) is 0 Å². The Morgan fingerprint density at radius 3 is 2.58 bits per heavy atom. The minimum Gasteiger partial charge on any atom is -0.465 e. The maximum absolute atomic E-state index is 11.7. The molecule has 5 nitrogen and oxygen atoms in total. The molecule has 0 aromatic heterocycles. The Morgan fingerprint density at radius 2 is 2.05 bits per heavy atom. The number of benzene rings is 1. The number of rotatable bonds is 6. The molecule has 5 heteroatoms. The van der Waals surface area contributed by atoms with Gasteiger partial charge in [0.05, 0.1) is 19.3 Å². The van der Waals surface area contributed by atoms with Crippen molar-refractivity contribution < 1.29 is 14.3 Å². The van der Waals surface area contributed by atoms with Crippen LogP contribution in [0.2, 0.25) is 0 Å². The molecule has 0 aliphatic carbocycles. The van der Waals surface area contributed by atoms with E-state index in [1.54, 1.807) is 13.2 Å². The number of hydrogen-bond donors (Lipinski definition) is 1. The van der Waals surface area contributed by atoms with Crippen LogP contribution in [0.1, 0.15) is 22.8 Å². The molecule has 0 fully saturated rings. The molecule has 0 bridgehead atoms. The van der Waals surface area contributed by atoms with Crippen molar-refractivity contribution in [1.29, 1.82) is 0 Å². The molecular weight excluding hydrogens is 244 g/mol. The van der Waals surface area contributed by atoms with Gasteiger partial charge in [0.1, 0.15) is 0 Å². The zero-order chi connectivity index (χ0) is 14.4. The highest BCUT2D eigenvalue weighted by molar-refractivity contribution is 5.97. The zero-order valence-electron chi connectivity index (χ0n) is 12.0. The number of ether oxygens (including phenoxy) is 2. The first-order valence-electron chi connectivity index (χ1n) is 6.27. The fourth-order valence-electron chi connectivity index (χ4n) is 1.91. The highest BCUT2D eigenvalue weighted by Gasteiger charge is 2.15. The predicted molar refractivity (Wildman–Crippen MR) is 76.7 cm³/mol. The van der Waals surface area contributed by atoms with Crippen LogP contribution in [-0.2, 0) is 9.47 Å². The Labute approximate surface area is 114 Å². The number of nitrogens with two attached hydrogens (primary N) is 1. The molecule has 0 saturated heterocycles. The minimum atomic E-state index is -0.412. The van der Waals surface area contributed by atoms with Crippen molar-refractivity contribution in [2.45, 2.75) is 13.8 Å². The second-order valence-electron chi connectivity index (χ2n) is 4.29. The van der Waals surface area contributed by atoms with Gasteiger partial charge in [-0.1, -0.05) is 0 Å². The number of hydrogen-bond acceptors (Lipinski definition) is 5. The highest BCUT2D eigenvalue weighted by Crippen LogP contribution is 2.26. The summed E-state index contributed by atoms with van der Waals surface area (Å²) in [6, 6.07) is 3.74. The molecule has 1 aromatic carbocycles. The molecule has 0 heterocycles. The molecule has 0 radical (unpaired) electrons. The lowest BCUT2D eigenvalue weighted by molar-refractivity contribution is 0.0602. The number of nitrogens with zero attached hydrogens (tertiary/aromatic N) is 1. The summed E-state index contributed by atoms with van der Waals surface area (Å²) in [6.45, 7) is 6.16. The van der Waals surface area contributed by atoms with Crippen LogP contribution >= 0.6 is 0 Å². The van der Waals surface area contributed by atoms with Gasteiger partial charge in [-0.2, -0.15) is 0 Å². The van der Waals surface area contributed by atoms with Gasteiger partial charge >= 0.3 is 5.97 Å². The molecule has 0 atom stereocenters. The van der Waals surface area contributed by atoms with Gasteiger partial charge in [0.25, 0.3) is 0 Å². The van der Waals surface area contributed by atoms with Crippen LogP contribution in [0, 0.1) is 6.92 Å². The first-order chi connectivity index (χ1) is 9.04. The second kappa shape index (κ2) is 6.99. The largest absolute Gasteiger partial charge is 0.465 e. The van der Waals surface area contributed by atoms with Crippen molar-refractivity contribution in [3.63, 3.8) is 0 Å². The first-order valence-corrected chi connectivity index (χ1v) is 6.27. The molecule has 1 rings (SSSR count). The van der Waals surface area contributed by atoms with Gasteiger partial charge in [-0.3, -0.25) is 0 Å². The standard InChI is InChI=1S/C14H22N2O3/c1-5-16(6-7-18-3)11-8-10(2)13(15)12(9-11)14(17)19-4/h8-9H,5-7,15H2,1-4H3. The van der Waals surface area contributed by atoms with Crippen molar-refractivity contribution >= 4 is 17.3 Å². The SMILES string of the molecule is CCN(CCOC)c1cc(C)c(N)c(C(=O)OC)c1. The smallest absolute Gasteiger partial charge is 0.340 e. The molecule has 0 spiro atoms. The second-order valence-corrected chi connectivity index (χ2v) is 4.29. The molecular formula is C14H22N2O3. The maximum atomic E-state index is 11.7. The van der Waals surface area contributed by atoms with Crippen molar-refractivity contribution in [2.75, 3.05) is 44.5 Å². The van der Waals surface area contributed by atoms with Crippen molar-refractivity contribution in [3.8, 4) is 0 Å². The number of carbonyl (C=O) groups excluding carboxylic acids is 1. The van der Waals surface area contributed by atoms with Gasteiger partial charge in [-0.05, 0) is 31.5 Å². The lowest BCUT2D eigenvalue weighted by Crippen LogP contribution is -2.27. The van der Waals surface area contributed by atoms with Crippen LogP contribution in [0.4, 0.5) is 11.4 Å². The van der Waals surface area contributed by atoms with Gasteiger partial charge in [-0.25, -0.2) is 4.79 Å². The summed E-state index contributed by atoms with van der Waals surface area (Å²) < 4.78 is 9.85. The summed E-state index contributed by atoms with van der Waals surface area (Å²) >= 11 is 0. The maximum Gasteiger partial charge on any atom is 0.340 e. The van der Waals surface area contributed by atoms with Crippen LogP contribution in [0.25, 0.3) is 0 Å². The third-order valence-corrected chi connectivity index (χ3v) is 3.09. The molecule has 0 aliphatic heterocycles. The number of aryl methyl sites for hydroxylation is 1. The summed E-state index contributed by atoms with van der Waals surface area (Å²) in [6.07, 6.45) is 0. The van der Waals surface area contributed by atoms with Gasteiger partial charge in [-0.15, -0.1) is 0 Å². The summed E-state index contributed by atoms with van der Waals surface area (Å²) in [5, 5.41) is 0. The molecule has 0 saturated carbocycles. The van der Waals surface area contributed by atoms with E-state index >= 15 is 0 Å². The van der Waals surface area contributed by atoms with Crippen LogP contribution in [0.5, 0.6) is 0 Å². The predicted octanol–water partition coefficient (Wildman–Crippen LogP) is 1.84. The van der Waals surface area contributed by atoms with Gasteiger partial charge in [0.15, 0.2) is 0 Å². The monoisotopic (exact) mass is 266 g/mol. The van der Waals surface area contributed by atoms with Gasteiger partial charge < -0.3 is 20.1 Å². The third-order valence-electron chi connectivity index (χ3n) is 3.09. The van der Waals surface area contributed by atoms with E-state index in [2.05, 4.69) is 11.8 Å². The number of carbonyl (C=O) groups is 1. The lowest BCUT2D eigenvalue weighted by Gasteiger charge is -2.24. The molecule has 0 amide bonds. The Morgan fingerprint density at radius 1 is 1.37 bits per heavy atom. The number of methoxy groups -OCH3 is 2. The summed E-state index contributed by atoms with van der Waals surface area (Å²) in [4.78, 5) is 13.8. The van der Waals surface area contributed by atoms with E-state index < -0.39 is 5.97 Å². The molecule has 0 unspecified atom stereocenters. The Bertz CT molecular complexity index is 447. The molecule has 106 valence electrons. The quantitative estimate of drug-likeness (QED) is 0.628. The van der Waals surface area contributed by atoms with E-state index in [9.17, 15) is 4.79 Å². The lowest BCUT2D eigenvalue weighted by atomic mass is 10.1. The van der Waals surface area contributed by atoms with E-state index in [0.29, 0.717) is 17.9 Å². The third kappa shape index (κ3) is 3.61. The van der Waals surface area contributed by atoms with E-state index in [1.165, 1.54) is 7.11 Å². The van der Waals surface area contributed by atoms with E-state index in [0.717, 1.165) is 24.3 Å². The van der Waals surface area contributed by atoms with Crippen LogP contribution in [0.3, 0.4) is 0 Å². The summed E-state index contributed by atoms with van der Waals surface area (Å²) in [5.74, 6) is -0.412. The average molecular weight is 266 g/mol. The Kier molecular flexibility index (Phi) is 5.63. The number of nitrogen functional groups attached to an aromatic ring is 1. The fourth-order valence-corrected chi connectivity index (χ4v) is 1.91. The van der Waals surface area contributed by atoms with Crippen LogP contribution in [0.15, 0.2) is 12.1 Å². The number of likely N-dealkylation sites (N-methyl/N-ethyl adjacent to an activating group) is 1. The normalized spacial score (nSPS) is 10.3. The zero-order valence-corrected chi connectivity index (χ0v) is 12.0. The Hall–Kier alpha value is -1.75. The minimum absolute atomic E-state index is 0.411.